The fraction of sp³-hybridized carbons (Fsp3) is 0.429. The Balaban J connectivity index is 2.38. The number of aliphatic imine (C=N–C) groups is 1. The number of isocyanates is 1. The van der Waals surface area contributed by atoms with Gasteiger partial charge in [0, 0.05) is 6.54 Å². The van der Waals surface area contributed by atoms with Gasteiger partial charge in [0.2, 0.25) is 16.1 Å². The van der Waals surface area contributed by atoms with Crippen molar-refractivity contribution in [1.29, 1.82) is 5.26 Å². The van der Waals surface area contributed by atoms with E-state index in [-0.39, 0.29) is 4.90 Å². The first-order valence-electron chi connectivity index (χ1n) is 6.68. The second-order valence-electron chi connectivity index (χ2n) is 4.80. The molecule has 1 unspecified atom stereocenters. The molecule has 0 saturated carbocycles. The average molecular weight is 305 g/mol. The van der Waals surface area contributed by atoms with Crippen molar-refractivity contribution in [2.75, 3.05) is 6.54 Å². The molecule has 1 fully saturated rings. The molecule has 0 N–H and O–H groups in total. The van der Waals surface area contributed by atoms with Gasteiger partial charge in [0.05, 0.1) is 16.5 Å². The van der Waals surface area contributed by atoms with Crippen LogP contribution in [0.15, 0.2) is 34.2 Å². The van der Waals surface area contributed by atoms with Crippen LogP contribution in [0.3, 0.4) is 0 Å². The molecule has 0 radical (unpaired) electrons. The Morgan fingerprint density at radius 2 is 1.90 bits per heavy atom. The van der Waals surface area contributed by atoms with Gasteiger partial charge in [-0.3, -0.25) is 0 Å². The maximum Gasteiger partial charge on any atom is 0.244 e. The molecule has 1 saturated heterocycles. The maximum absolute atomic E-state index is 12.7. The Bertz CT molecular complexity index is 685. The van der Waals surface area contributed by atoms with Gasteiger partial charge in [-0.2, -0.15) is 14.6 Å². The first kappa shape index (κ1) is 15.4. The van der Waals surface area contributed by atoms with Gasteiger partial charge in [-0.1, -0.05) is 6.42 Å². The van der Waals surface area contributed by atoms with Crippen molar-refractivity contribution >= 4 is 16.1 Å². The molecule has 1 aromatic carbocycles. The van der Waals surface area contributed by atoms with Crippen LogP contribution in [0, 0.1) is 11.3 Å². The summed E-state index contributed by atoms with van der Waals surface area (Å²) in [6.07, 6.45) is 3.76. The van der Waals surface area contributed by atoms with Gasteiger partial charge in [-0.05, 0) is 43.5 Å². The maximum atomic E-state index is 12.7. The highest BCUT2D eigenvalue weighted by atomic mass is 32.2. The van der Waals surface area contributed by atoms with Crippen molar-refractivity contribution in [3.63, 3.8) is 0 Å². The fourth-order valence-electron chi connectivity index (χ4n) is 2.37. The molecule has 0 aromatic heterocycles. The smallest absolute Gasteiger partial charge is 0.211 e. The molecule has 1 aliphatic rings. The van der Waals surface area contributed by atoms with E-state index in [1.165, 1.54) is 34.7 Å². The largest absolute Gasteiger partial charge is 0.244 e. The summed E-state index contributed by atoms with van der Waals surface area (Å²) < 4.78 is 26.6. The van der Waals surface area contributed by atoms with E-state index in [1.807, 2.05) is 6.07 Å². The first-order chi connectivity index (χ1) is 10.1. The van der Waals surface area contributed by atoms with Crippen LogP contribution in [0.1, 0.15) is 31.2 Å². The van der Waals surface area contributed by atoms with Crippen LogP contribution in [0.5, 0.6) is 0 Å². The lowest BCUT2D eigenvalue weighted by atomic mass is 10.2. The van der Waals surface area contributed by atoms with Gasteiger partial charge < -0.3 is 0 Å². The van der Waals surface area contributed by atoms with Crippen LogP contribution < -0.4 is 0 Å². The molecule has 1 atom stereocenters. The van der Waals surface area contributed by atoms with E-state index in [0.29, 0.717) is 18.5 Å². The Kier molecular flexibility index (Phi) is 4.86. The first-order valence-corrected chi connectivity index (χ1v) is 8.12. The van der Waals surface area contributed by atoms with Gasteiger partial charge in [0.25, 0.3) is 0 Å². The topological polar surface area (TPSA) is 90.6 Å². The molecule has 2 rings (SSSR count). The summed E-state index contributed by atoms with van der Waals surface area (Å²) >= 11 is 0. The lowest BCUT2D eigenvalue weighted by Crippen LogP contribution is -2.38. The van der Waals surface area contributed by atoms with Gasteiger partial charge >= 0.3 is 0 Å². The van der Waals surface area contributed by atoms with Gasteiger partial charge in [-0.25, -0.2) is 13.2 Å². The number of carbonyl (C=O) groups excluding carboxylic acids is 1. The molecular weight excluding hydrogens is 290 g/mol. The third kappa shape index (κ3) is 3.37. The number of hydrogen-bond donors (Lipinski definition) is 0. The van der Waals surface area contributed by atoms with Crippen molar-refractivity contribution in [2.24, 2.45) is 4.99 Å². The third-order valence-corrected chi connectivity index (χ3v) is 5.38. The number of hydrogen-bond acceptors (Lipinski definition) is 5. The fourth-order valence-corrected chi connectivity index (χ4v) is 3.96. The van der Waals surface area contributed by atoms with Gasteiger partial charge in [-0.15, -0.1) is 0 Å². The van der Waals surface area contributed by atoms with Crippen LogP contribution >= 0.6 is 0 Å². The summed E-state index contributed by atoms with van der Waals surface area (Å²) in [5.74, 6) is 0. The Morgan fingerprint density at radius 1 is 1.19 bits per heavy atom. The van der Waals surface area contributed by atoms with Gasteiger partial charge in [0.1, 0.15) is 6.17 Å². The summed E-state index contributed by atoms with van der Waals surface area (Å²) in [6, 6.07) is 7.67. The minimum absolute atomic E-state index is 0.106. The monoisotopic (exact) mass is 305 g/mol. The van der Waals surface area contributed by atoms with Crippen LogP contribution in [0.2, 0.25) is 0 Å². The van der Waals surface area contributed by atoms with E-state index in [0.717, 1.165) is 19.3 Å². The quantitative estimate of drug-likeness (QED) is 0.628. The lowest BCUT2D eigenvalue weighted by molar-refractivity contribution is 0.330. The van der Waals surface area contributed by atoms with Crippen LogP contribution in [-0.2, 0) is 14.8 Å². The predicted molar refractivity (Wildman–Crippen MR) is 75.4 cm³/mol. The molecule has 0 spiro atoms. The van der Waals surface area contributed by atoms with Crippen molar-refractivity contribution in [1.82, 2.24) is 4.31 Å². The van der Waals surface area contributed by atoms with Crippen LogP contribution in [0.4, 0.5) is 0 Å². The van der Waals surface area contributed by atoms with Crippen molar-refractivity contribution in [2.45, 2.75) is 36.7 Å². The summed E-state index contributed by atoms with van der Waals surface area (Å²) in [5.41, 5.74) is 0.396. The molecule has 110 valence electrons. The lowest BCUT2D eigenvalue weighted by Gasteiger charge is -2.25. The molecular formula is C14H15N3O3S. The number of benzene rings is 1. The summed E-state index contributed by atoms with van der Waals surface area (Å²) in [7, 11) is -3.73. The molecule has 0 bridgehead atoms. The van der Waals surface area contributed by atoms with Crippen LogP contribution in [0.25, 0.3) is 0 Å². The molecule has 0 aliphatic carbocycles. The summed E-state index contributed by atoms with van der Waals surface area (Å²) in [6.45, 7) is 0.332. The van der Waals surface area contributed by atoms with Crippen molar-refractivity contribution in [3.05, 3.63) is 29.8 Å². The molecule has 1 aliphatic heterocycles. The molecule has 6 nitrogen and oxygen atoms in total. The Morgan fingerprint density at radius 3 is 2.52 bits per heavy atom. The van der Waals surface area contributed by atoms with E-state index in [4.69, 9.17) is 5.26 Å². The van der Waals surface area contributed by atoms with E-state index in [9.17, 15) is 13.2 Å². The molecule has 7 heteroatoms. The number of nitriles is 1. The zero-order valence-corrected chi connectivity index (χ0v) is 12.2. The highest BCUT2D eigenvalue weighted by Gasteiger charge is 2.32. The Labute approximate surface area is 123 Å². The van der Waals surface area contributed by atoms with Gasteiger partial charge in [0.15, 0.2) is 0 Å². The number of sulfonamides is 1. The minimum atomic E-state index is -3.73. The minimum Gasteiger partial charge on any atom is -0.211 e. The van der Waals surface area contributed by atoms with Crippen LogP contribution in [-0.4, -0.2) is 31.5 Å². The predicted octanol–water partition coefficient (Wildman–Crippen LogP) is 1.78. The van der Waals surface area contributed by atoms with Crippen molar-refractivity contribution < 1.29 is 13.2 Å². The average Bonchev–Trinajstić information content (AvgIpc) is 2.74. The van der Waals surface area contributed by atoms with E-state index >= 15 is 0 Å². The summed E-state index contributed by atoms with van der Waals surface area (Å²) in [4.78, 5) is 14.3. The molecule has 1 aromatic rings. The van der Waals surface area contributed by atoms with E-state index in [1.54, 1.807) is 0 Å². The second-order valence-corrected chi connectivity index (χ2v) is 6.69. The normalized spacial score (nSPS) is 20.0. The van der Waals surface area contributed by atoms with E-state index < -0.39 is 16.2 Å². The zero-order valence-electron chi connectivity index (χ0n) is 11.4. The standard InChI is InChI=1S/C14H15N3O3S/c15-10-12-5-7-13(8-6-12)21(19,20)17-9-3-1-2-4-14(17)16-11-18/h5-8,14H,1-4,9H2. The SMILES string of the molecule is N#Cc1ccc(S(=O)(=O)N2CCCCCC2N=C=O)cc1. The third-order valence-electron chi connectivity index (χ3n) is 3.46. The molecule has 0 amide bonds. The molecule has 1 heterocycles. The summed E-state index contributed by atoms with van der Waals surface area (Å²) in [5, 5.41) is 8.76. The molecule has 21 heavy (non-hydrogen) atoms. The number of nitrogens with zero attached hydrogens (tertiary/aromatic N) is 3. The van der Waals surface area contributed by atoms with E-state index in [2.05, 4.69) is 4.99 Å². The zero-order chi connectivity index (χ0) is 15.3. The number of rotatable bonds is 3. The van der Waals surface area contributed by atoms with Crippen molar-refractivity contribution in [3.8, 4) is 6.07 Å². The highest BCUT2D eigenvalue weighted by molar-refractivity contribution is 7.89. The Hall–Kier alpha value is -2.00. The second kappa shape index (κ2) is 6.64. The highest BCUT2D eigenvalue weighted by Crippen LogP contribution is 2.25.